The topological polar surface area (TPSA) is 54.0 Å². The molecular formula is C27H27N3OS. The third-order valence-electron chi connectivity index (χ3n) is 6.23. The van der Waals surface area contributed by atoms with Gasteiger partial charge in [-0.1, -0.05) is 55.7 Å². The van der Waals surface area contributed by atoms with Crippen molar-refractivity contribution < 1.29 is 4.79 Å². The van der Waals surface area contributed by atoms with E-state index >= 15 is 0 Å². The summed E-state index contributed by atoms with van der Waals surface area (Å²) >= 11 is 1.60. The zero-order valence-corrected chi connectivity index (χ0v) is 18.8. The fraction of sp³-hybridized carbons (Fsp3) is 0.259. The number of amides is 1. The van der Waals surface area contributed by atoms with E-state index in [2.05, 4.69) is 45.9 Å². The van der Waals surface area contributed by atoms with Gasteiger partial charge < -0.3 is 10.6 Å². The van der Waals surface area contributed by atoms with Crippen molar-refractivity contribution >= 4 is 33.1 Å². The van der Waals surface area contributed by atoms with Crippen LogP contribution in [0.5, 0.6) is 0 Å². The molecule has 4 aromatic rings. The number of hydrogen-bond donors (Lipinski definition) is 2. The number of aromatic nitrogens is 1. The Labute approximate surface area is 192 Å². The summed E-state index contributed by atoms with van der Waals surface area (Å²) < 4.78 is 1.12. The minimum atomic E-state index is -0.0990. The van der Waals surface area contributed by atoms with Crippen LogP contribution in [0.4, 0.5) is 5.69 Å². The van der Waals surface area contributed by atoms with Gasteiger partial charge in [0, 0.05) is 23.8 Å². The van der Waals surface area contributed by atoms with E-state index in [0.29, 0.717) is 11.6 Å². The molecule has 162 valence electrons. The van der Waals surface area contributed by atoms with Crippen LogP contribution in [-0.4, -0.2) is 16.9 Å². The van der Waals surface area contributed by atoms with Gasteiger partial charge in [0.05, 0.1) is 15.7 Å². The summed E-state index contributed by atoms with van der Waals surface area (Å²) in [5.74, 6) is -0.0990. The summed E-state index contributed by atoms with van der Waals surface area (Å²) in [5.41, 5.74) is 7.67. The second kappa shape index (κ2) is 9.63. The SMILES string of the molecule is O=C(Nc1ccc2scnc2c1)c1ccc(-c2ccccc2)c(CNC2CCCCC2)c1. The van der Waals surface area contributed by atoms with Gasteiger partial charge in [-0.05, 0) is 59.9 Å². The molecule has 5 rings (SSSR count). The lowest BCUT2D eigenvalue weighted by Crippen LogP contribution is -2.30. The Morgan fingerprint density at radius 1 is 0.969 bits per heavy atom. The smallest absolute Gasteiger partial charge is 0.255 e. The van der Waals surface area contributed by atoms with Crippen LogP contribution in [0.3, 0.4) is 0 Å². The molecule has 0 saturated heterocycles. The number of carbonyl (C=O) groups excluding carboxylic acids is 1. The average Bonchev–Trinajstić information content (AvgIpc) is 3.32. The maximum absolute atomic E-state index is 13.0. The van der Waals surface area contributed by atoms with Gasteiger partial charge in [0.2, 0.25) is 0 Å². The normalized spacial score (nSPS) is 14.5. The largest absolute Gasteiger partial charge is 0.322 e. The Hall–Kier alpha value is -3.02. The van der Waals surface area contributed by atoms with Gasteiger partial charge in [0.1, 0.15) is 0 Å². The second-order valence-corrected chi connectivity index (χ2v) is 9.33. The highest BCUT2D eigenvalue weighted by atomic mass is 32.1. The first kappa shape index (κ1) is 20.9. The Balaban J connectivity index is 1.39. The highest BCUT2D eigenvalue weighted by molar-refractivity contribution is 7.16. The molecule has 1 saturated carbocycles. The third kappa shape index (κ3) is 4.74. The molecule has 1 aliphatic rings. The molecule has 3 aromatic carbocycles. The van der Waals surface area contributed by atoms with Gasteiger partial charge in [-0.25, -0.2) is 4.98 Å². The monoisotopic (exact) mass is 441 g/mol. The molecule has 0 aliphatic heterocycles. The van der Waals surface area contributed by atoms with Crippen LogP contribution >= 0.6 is 11.3 Å². The molecule has 1 fully saturated rings. The Morgan fingerprint density at radius 2 is 1.81 bits per heavy atom. The number of nitrogens with zero attached hydrogens (tertiary/aromatic N) is 1. The van der Waals surface area contributed by atoms with E-state index in [-0.39, 0.29) is 5.91 Å². The molecule has 0 radical (unpaired) electrons. The van der Waals surface area contributed by atoms with Crippen molar-refractivity contribution in [2.75, 3.05) is 5.32 Å². The van der Waals surface area contributed by atoms with E-state index in [1.165, 1.54) is 43.2 Å². The molecule has 1 heterocycles. The van der Waals surface area contributed by atoms with Gasteiger partial charge in [-0.2, -0.15) is 0 Å². The van der Waals surface area contributed by atoms with E-state index in [9.17, 15) is 4.79 Å². The fourth-order valence-electron chi connectivity index (χ4n) is 4.48. The summed E-state index contributed by atoms with van der Waals surface area (Å²) in [5, 5.41) is 6.78. The van der Waals surface area contributed by atoms with Gasteiger partial charge in [0.15, 0.2) is 0 Å². The first-order valence-electron chi connectivity index (χ1n) is 11.3. The van der Waals surface area contributed by atoms with E-state index < -0.39 is 0 Å². The minimum absolute atomic E-state index is 0.0990. The number of benzene rings is 3. The molecule has 0 spiro atoms. The molecule has 0 unspecified atom stereocenters. The van der Waals surface area contributed by atoms with E-state index in [4.69, 9.17) is 0 Å². The van der Waals surface area contributed by atoms with Crippen molar-refractivity contribution in [3.63, 3.8) is 0 Å². The predicted molar refractivity (Wildman–Crippen MR) is 133 cm³/mol. The summed E-state index contributed by atoms with van der Waals surface area (Å²) in [6.45, 7) is 0.765. The van der Waals surface area contributed by atoms with Crippen LogP contribution in [-0.2, 0) is 6.54 Å². The molecule has 0 atom stereocenters. The van der Waals surface area contributed by atoms with Crippen molar-refractivity contribution in [1.29, 1.82) is 0 Å². The first-order valence-corrected chi connectivity index (χ1v) is 12.2. The second-order valence-electron chi connectivity index (χ2n) is 8.44. The standard InChI is InChI=1S/C27H27N3OS/c31-27(30-23-12-14-26-25(16-23)29-18-32-26)20-11-13-24(19-7-3-1-4-8-19)21(15-20)17-28-22-9-5-2-6-10-22/h1,3-4,7-8,11-16,18,22,28H,2,5-6,9-10,17H2,(H,30,31). The lowest BCUT2D eigenvalue weighted by molar-refractivity contribution is 0.102. The Kier molecular flexibility index (Phi) is 6.28. The maximum atomic E-state index is 13.0. The van der Waals surface area contributed by atoms with Crippen LogP contribution in [0.2, 0.25) is 0 Å². The fourth-order valence-corrected chi connectivity index (χ4v) is 5.14. The molecule has 1 aliphatic carbocycles. The first-order chi connectivity index (χ1) is 15.8. The molecule has 0 bridgehead atoms. The van der Waals surface area contributed by atoms with E-state index in [1.54, 1.807) is 11.3 Å². The number of thiazole rings is 1. The number of fused-ring (bicyclic) bond motifs is 1. The Bertz CT molecular complexity index is 1210. The van der Waals surface area contributed by atoms with Gasteiger partial charge in [-0.3, -0.25) is 4.79 Å². The van der Waals surface area contributed by atoms with Crippen LogP contribution in [0.25, 0.3) is 21.3 Å². The van der Waals surface area contributed by atoms with Crippen molar-refractivity contribution in [3.05, 3.63) is 83.4 Å². The number of anilines is 1. The van der Waals surface area contributed by atoms with E-state index in [1.807, 2.05) is 41.9 Å². The van der Waals surface area contributed by atoms with Gasteiger partial charge in [-0.15, -0.1) is 11.3 Å². The number of nitrogens with one attached hydrogen (secondary N) is 2. The Morgan fingerprint density at radius 3 is 2.66 bits per heavy atom. The molecule has 5 heteroatoms. The highest BCUT2D eigenvalue weighted by Gasteiger charge is 2.16. The van der Waals surface area contributed by atoms with E-state index in [0.717, 1.165) is 28.0 Å². The molecule has 2 N–H and O–H groups in total. The molecular weight excluding hydrogens is 414 g/mol. The summed E-state index contributed by atoms with van der Waals surface area (Å²) in [7, 11) is 0. The van der Waals surface area contributed by atoms with Crippen molar-refractivity contribution in [2.24, 2.45) is 0 Å². The zero-order chi connectivity index (χ0) is 21.8. The van der Waals surface area contributed by atoms with Crippen molar-refractivity contribution in [1.82, 2.24) is 10.3 Å². The number of carbonyl (C=O) groups is 1. The van der Waals surface area contributed by atoms with Gasteiger partial charge >= 0.3 is 0 Å². The quantitative estimate of drug-likeness (QED) is 0.353. The molecule has 1 aromatic heterocycles. The highest BCUT2D eigenvalue weighted by Crippen LogP contribution is 2.27. The number of rotatable bonds is 6. The summed E-state index contributed by atoms with van der Waals surface area (Å²) in [6.07, 6.45) is 6.42. The predicted octanol–water partition coefficient (Wildman–Crippen LogP) is 6.64. The maximum Gasteiger partial charge on any atom is 0.255 e. The summed E-state index contributed by atoms with van der Waals surface area (Å²) in [4.78, 5) is 17.4. The lowest BCUT2D eigenvalue weighted by atomic mass is 9.94. The minimum Gasteiger partial charge on any atom is -0.322 e. The van der Waals surface area contributed by atoms with Crippen LogP contribution in [0, 0.1) is 0 Å². The van der Waals surface area contributed by atoms with Gasteiger partial charge in [0.25, 0.3) is 5.91 Å². The average molecular weight is 442 g/mol. The molecule has 1 amide bonds. The number of hydrogen-bond acceptors (Lipinski definition) is 4. The molecule has 32 heavy (non-hydrogen) atoms. The summed E-state index contributed by atoms with van der Waals surface area (Å²) in [6, 6.07) is 22.9. The van der Waals surface area contributed by atoms with Crippen molar-refractivity contribution in [2.45, 2.75) is 44.7 Å². The zero-order valence-electron chi connectivity index (χ0n) is 18.0. The third-order valence-corrected chi connectivity index (χ3v) is 7.04. The van der Waals surface area contributed by atoms with Crippen LogP contribution < -0.4 is 10.6 Å². The molecule has 4 nitrogen and oxygen atoms in total. The van der Waals surface area contributed by atoms with Crippen LogP contribution in [0.1, 0.15) is 48.0 Å². The lowest BCUT2D eigenvalue weighted by Gasteiger charge is -2.23. The van der Waals surface area contributed by atoms with Crippen molar-refractivity contribution in [3.8, 4) is 11.1 Å². The van der Waals surface area contributed by atoms with Crippen LogP contribution in [0.15, 0.2) is 72.2 Å².